The smallest absolute Gasteiger partial charge is 0.116 e. The molecule has 5 aromatic carbocycles. The van der Waals surface area contributed by atoms with E-state index in [1.165, 1.54) is 0 Å². The van der Waals surface area contributed by atoms with E-state index in [0.29, 0.717) is 5.71 Å². The minimum atomic E-state index is 0.700. The van der Waals surface area contributed by atoms with Crippen molar-refractivity contribution >= 4 is 34.2 Å². The number of rotatable bonds is 7. The summed E-state index contributed by atoms with van der Waals surface area (Å²) < 4.78 is 0. The van der Waals surface area contributed by atoms with Crippen LogP contribution in [0.3, 0.4) is 0 Å². The fourth-order valence-corrected chi connectivity index (χ4v) is 3.81. The van der Waals surface area contributed by atoms with Crippen LogP contribution in [0.2, 0.25) is 0 Å². The lowest BCUT2D eigenvalue weighted by Gasteiger charge is -2.15. The summed E-state index contributed by atoms with van der Waals surface area (Å²) in [5, 5.41) is 0. The minimum absolute atomic E-state index is 0.700. The Bertz CT molecular complexity index is 1380. The zero-order chi connectivity index (χ0) is 24.4. The molecule has 5 rings (SSSR count). The summed E-state index contributed by atoms with van der Waals surface area (Å²) in [4.78, 5) is 15.4. The maximum atomic E-state index is 5.16. The molecule has 0 aliphatic heterocycles. The van der Waals surface area contributed by atoms with Crippen LogP contribution in [-0.2, 0) is 0 Å². The first-order valence-corrected chi connectivity index (χ1v) is 11.9. The van der Waals surface area contributed by atoms with Crippen molar-refractivity contribution in [3.8, 4) is 0 Å². The number of nitrogens with zero attached hydrogens (tertiary/aromatic N) is 3. The molecule has 3 nitrogen and oxygen atoms in total. The lowest BCUT2D eigenvalue weighted by molar-refractivity contribution is 1.47. The Hall–Kier alpha value is -4.89. The van der Waals surface area contributed by atoms with Crippen molar-refractivity contribution in [2.75, 3.05) is 0 Å². The van der Waals surface area contributed by atoms with E-state index in [1.807, 2.05) is 127 Å². The van der Waals surface area contributed by atoms with Crippen LogP contribution in [0, 0.1) is 0 Å². The van der Waals surface area contributed by atoms with Crippen LogP contribution in [0.1, 0.15) is 11.1 Å². The Morgan fingerprint density at radius 3 is 0.917 bits per heavy atom. The number of hydrogen-bond donors (Lipinski definition) is 0. The van der Waals surface area contributed by atoms with E-state index < -0.39 is 0 Å². The Morgan fingerprint density at radius 1 is 0.306 bits per heavy atom. The van der Waals surface area contributed by atoms with Crippen molar-refractivity contribution in [2.45, 2.75) is 0 Å². The summed E-state index contributed by atoms with van der Waals surface area (Å²) in [6.45, 7) is 0. The van der Waals surface area contributed by atoms with Gasteiger partial charge in [0.25, 0.3) is 0 Å². The Morgan fingerprint density at radius 2 is 0.583 bits per heavy atom. The van der Waals surface area contributed by atoms with E-state index in [9.17, 15) is 0 Å². The van der Waals surface area contributed by atoms with Crippen molar-refractivity contribution < 1.29 is 0 Å². The largest absolute Gasteiger partial charge is 0.246 e. The molecular weight excluding hydrogens is 438 g/mol. The number of hydrogen-bond acceptors (Lipinski definition) is 3. The predicted octanol–water partition coefficient (Wildman–Crippen LogP) is 8.40. The number of benzene rings is 5. The highest BCUT2D eigenvalue weighted by Gasteiger charge is 2.21. The SMILES string of the molecule is c1ccc(N=C(C(=Nc2ccccc2)c2ccccc2)C(=Nc2ccccc2)c2ccccc2)cc1. The molecule has 0 bridgehead atoms. The fourth-order valence-electron chi connectivity index (χ4n) is 3.81. The molecule has 0 radical (unpaired) electrons. The fraction of sp³-hybridized carbons (Fsp3) is 0. The summed E-state index contributed by atoms with van der Waals surface area (Å²) in [5.41, 5.74) is 6.68. The molecule has 3 heteroatoms. The molecule has 0 N–H and O–H groups in total. The molecule has 36 heavy (non-hydrogen) atoms. The minimum Gasteiger partial charge on any atom is -0.246 e. The molecule has 0 spiro atoms. The Labute approximate surface area is 211 Å². The average Bonchev–Trinajstić information content (AvgIpc) is 2.96. The predicted molar refractivity (Wildman–Crippen MR) is 152 cm³/mol. The molecule has 0 atom stereocenters. The molecule has 0 aliphatic carbocycles. The van der Waals surface area contributed by atoms with Gasteiger partial charge >= 0.3 is 0 Å². The summed E-state index contributed by atoms with van der Waals surface area (Å²) in [7, 11) is 0. The Kier molecular flexibility index (Phi) is 7.31. The number of para-hydroxylation sites is 3. The zero-order valence-corrected chi connectivity index (χ0v) is 19.8. The van der Waals surface area contributed by atoms with Crippen LogP contribution in [0.25, 0.3) is 0 Å². The third-order valence-electron chi connectivity index (χ3n) is 5.53. The van der Waals surface area contributed by atoms with Crippen molar-refractivity contribution in [3.63, 3.8) is 0 Å². The van der Waals surface area contributed by atoms with Gasteiger partial charge in [0.15, 0.2) is 0 Å². The molecule has 0 fully saturated rings. The van der Waals surface area contributed by atoms with E-state index in [2.05, 4.69) is 24.3 Å². The molecule has 0 saturated heterocycles. The standard InChI is InChI=1S/C33H25N3/c1-6-16-26(17-7-1)31(34-28-20-10-3-11-21-28)33(36-30-24-14-5-15-25-30)32(27-18-8-2-9-19-27)35-29-22-12-4-13-23-29/h1-25H. The second-order valence-electron chi connectivity index (χ2n) is 8.12. The molecule has 0 amide bonds. The van der Waals surface area contributed by atoms with Crippen LogP contribution in [0.5, 0.6) is 0 Å². The summed E-state index contributed by atoms with van der Waals surface area (Å²) in [5.74, 6) is 0. The van der Waals surface area contributed by atoms with Gasteiger partial charge in [-0.15, -0.1) is 0 Å². The summed E-state index contributed by atoms with van der Waals surface area (Å²) in [6, 6.07) is 50.3. The highest BCUT2D eigenvalue weighted by molar-refractivity contribution is 6.74. The topological polar surface area (TPSA) is 37.1 Å². The van der Waals surface area contributed by atoms with Gasteiger partial charge in [-0.2, -0.15) is 0 Å². The normalized spacial score (nSPS) is 11.7. The first-order valence-electron chi connectivity index (χ1n) is 11.9. The van der Waals surface area contributed by atoms with E-state index in [0.717, 1.165) is 39.6 Å². The molecule has 0 aliphatic rings. The van der Waals surface area contributed by atoms with Gasteiger partial charge in [-0.25, -0.2) is 15.0 Å². The molecular formula is C33H25N3. The third kappa shape index (κ3) is 5.78. The van der Waals surface area contributed by atoms with Gasteiger partial charge in [0, 0.05) is 11.1 Å². The van der Waals surface area contributed by atoms with Crippen LogP contribution in [-0.4, -0.2) is 17.1 Å². The molecule has 5 aromatic rings. The molecule has 172 valence electrons. The maximum Gasteiger partial charge on any atom is 0.116 e. The van der Waals surface area contributed by atoms with E-state index in [1.54, 1.807) is 0 Å². The van der Waals surface area contributed by atoms with Gasteiger partial charge in [-0.1, -0.05) is 115 Å². The van der Waals surface area contributed by atoms with Crippen LogP contribution in [0.15, 0.2) is 167 Å². The van der Waals surface area contributed by atoms with Crippen LogP contribution in [0.4, 0.5) is 17.1 Å². The second kappa shape index (κ2) is 11.5. The van der Waals surface area contributed by atoms with Crippen molar-refractivity contribution in [2.24, 2.45) is 15.0 Å². The first-order chi connectivity index (χ1) is 17.9. The molecule has 0 saturated carbocycles. The van der Waals surface area contributed by atoms with E-state index >= 15 is 0 Å². The molecule has 0 heterocycles. The third-order valence-corrected chi connectivity index (χ3v) is 5.53. The zero-order valence-electron chi connectivity index (χ0n) is 19.8. The molecule has 0 unspecified atom stereocenters. The summed E-state index contributed by atoms with van der Waals surface area (Å²) in [6.07, 6.45) is 0. The van der Waals surface area contributed by atoms with Crippen LogP contribution >= 0.6 is 0 Å². The quantitative estimate of drug-likeness (QED) is 0.217. The Balaban J connectivity index is 1.81. The van der Waals surface area contributed by atoms with Crippen molar-refractivity contribution in [1.82, 2.24) is 0 Å². The van der Waals surface area contributed by atoms with Gasteiger partial charge in [0.1, 0.15) is 5.71 Å². The monoisotopic (exact) mass is 463 g/mol. The average molecular weight is 464 g/mol. The van der Waals surface area contributed by atoms with Gasteiger partial charge in [-0.05, 0) is 36.4 Å². The number of aliphatic imine (C=N–C) groups is 3. The van der Waals surface area contributed by atoms with E-state index in [4.69, 9.17) is 15.0 Å². The lowest BCUT2D eigenvalue weighted by atomic mass is 9.96. The highest BCUT2D eigenvalue weighted by atomic mass is 14.9. The first kappa shape index (κ1) is 22.9. The van der Waals surface area contributed by atoms with E-state index in [-0.39, 0.29) is 0 Å². The van der Waals surface area contributed by atoms with Crippen molar-refractivity contribution in [1.29, 1.82) is 0 Å². The van der Waals surface area contributed by atoms with Crippen molar-refractivity contribution in [3.05, 3.63) is 163 Å². The van der Waals surface area contributed by atoms with Crippen LogP contribution < -0.4 is 0 Å². The van der Waals surface area contributed by atoms with Gasteiger partial charge in [0.05, 0.1) is 28.5 Å². The van der Waals surface area contributed by atoms with Gasteiger partial charge < -0.3 is 0 Å². The maximum absolute atomic E-state index is 5.16. The summed E-state index contributed by atoms with van der Waals surface area (Å²) >= 11 is 0. The molecule has 0 aromatic heterocycles. The lowest BCUT2D eigenvalue weighted by Crippen LogP contribution is -2.26. The van der Waals surface area contributed by atoms with Gasteiger partial charge in [0.2, 0.25) is 0 Å². The van der Waals surface area contributed by atoms with Gasteiger partial charge in [-0.3, -0.25) is 0 Å². The second-order valence-corrected chi connectivity index (χ2v) is 8.12. The highest BCUT2D eigenvalue weighted by Crippen LogP contribution is 2.22.